The highest BCUT2D eigenvalue weighted by Gasteiger charge is 2.31. The first-order chi connectivity index (χ1) is 15.8. The summed E-state index contributed by atoms with van der Waals surface area (Å²) in [5.74, 6) is -4.26. The fourth-order valence-corrected chi connectivity index (χ4v) is 3.04. The van der Waals surface area contributed by atoms with E-state index in [-0.39, 0.29) is 31.6 Å². The number of nitrogens with one attached hydrogen (secondary N) is 3. The Morgan fingerprint density at radius 3 is 1.82 bits per heavy atom. The molecule has 0 spiro atoms. The van der Waals surface area contributed by atoms with Crippen molar-refractivity contribution in [2.75, 3.05) is 6.54 Å². The van der Waals surface area contributed by atoms with Gasteiger partial charge in [-0.3, -0.25) is 19.2 Å². The average Bonchev–Trinajstić information content (AvgIpc) is 2.73. The second kappa shape index (κ2) is 16.0. The first kappa shape index (κ1) is 31.2. The average molecular weight is 489 g/mol. The van der Waals surface area contributed by atoms with Gasteiger partial charge in [-0.2, -0.15) is 0 Å². The minimum Gasteiger partial charge on any atom is -0.480 e. The van der Waals surface area contributed by atoms with Crippen LogP contribution in [0.25, 0.3) is 0 Å². The smallest absolute Gasteiger partial charge is 0.326 e. The molecule has 5 atom stereocenters. The van der Waals surface area contributed by atoms with E-state index in [9.17, 15) is 34.2 Å². The molecule has 196 valence electrons. The number of nitrogens with two attached hydrogens (primary N) is 3. The predicted octanol–water partition coefficient (Wildman–Crippen LogP) is -2.33. The van der Waals surface area contributed by atoms with Crippen LogP contribution in [0.5, 0.6) is 0 Å². The van der Waals surface area contributed by atoms with Crippen LogP contribution in [0, 0.1) is 5.92 Å². The Bertz CT molecular complexity index is 701. The topological polar surface area (TPSA) is 240 Å². The lowest BCUT2D eigenvalue weighted by molar-refractivity contribution is -0.142. The van der Waals surface area contributed by atoms with Crippen LogP contribution in [-0.2, 0) is 24.0 Å². The van der Waals surface area contributed by atoms with Gasteiger partial charge in [-0.05, 0) is 51.5 Å². The number of hydrogen-bond donors (Lipinski definition) is 8. The molecule has 0 aliphatic heterocycles. The lowest BCUT2D eigenvalue weighted by atomic mass is 10.0. The molecule has 0 aromatic carbocycles. The molecule has 0 saturated carbocycles. The summed E-state index contributed by atoms with van der Waals surface area (Å²) in [4.78, 5) is 60.8. The summed E-state index contributed by atoms with van der Waals surface area (Å²) in [7, 11) is 0. The summed E-state index contributed by atoms with van der Waals surface area (Å²) in [5, 5.41) is 26.2. The highest BCUT2D eigenvalue weighted by molar-refractivity contribution is 5.94. The van der Waals surface area contributed by atoms with Gasteiger partial charge in [0.1, 0.15) is 24.2 Å². The zero-order chi connectivity index (χ0) is 26.4. The molecule has 0 bridgehead atoms. The standard InChI is InChI=1S/C21H40N6O7/c1-11(2)10-15(27-20(32)17(24)12(3)28)19(31)25-13(7-8-16(23)29)18(30)26-14(21(33)34)6-4-5-9-22/h11-15,17,28H,4-10,22,24H2,1-3H3,(H2,23,29)(H,25,31)(H,26,30)(H,27,32)(H,33,34). The van der Waals surface area contributed by atoms with Crippen molar-refractivity contribution < 1.29 is 34.2 Å². The van der Waals surface area contributed by atoms with Gasteiger partial charge in [0.15, 0.2) is 0 Å². The van der Waals surface area contributed by atoms with Crippen molar-refractivity contribution in [1.82, 2.24) is 16.0 Å². The Balaban J connectivity index is 5.53. The molecule has 0 fully saturated rings. The van der Waals surface area contributed by atoms with Crippen LogP contribution in [0.2, 0.25) is 0 Å². The number of hydrogen-bond acceptors (Lipinski definition) is 8. The van der Waals surface area contributed by atoms with Crippen molar-refractivity contribution in [3.05, 3.63) is 0 Å². The van der Waals surface area contributed by atoms with Crippen molar-refractivity contribution >= 4 is 29.6 Å². The van der Waals surface area contributed by atoms with Crippen molar-refractivity contribution in [2.45, 2.75) is 89.6 Å². The van der Waals surface area contributed by atoms with Crippen LogP contribution < -0.4 is 33.2 Å². The van der Waals surface area contributed by atoms with Gasteiger partial charge in [-0.15, -0.1) is 0 Å². The van der Waals surface area contributed by atoms with Gasteiger partial charge in [-0.1, -0.05) is 13.8 Å². The summed E-state index contributed by atoms with van der Waals surface area (Å²) >= 11 is 0. The molecule has 0 aliphatic carbocycles. The van der Waals surface area contributed by atoms with E-state index in [0.29, 0.717) is 19.4 Å². The lowest BCUT2D eigenvalue weighted by Gasteiger charge is -2.26. The Morgan fingerprint density at radius 2 is 1.35 bits per heavy atom. The van der Waals surface area contributed by atoms with E-state index in [1.165, 1.54) is 6.92 Å². The summed E-state index contributed by atoms with van der Waals surface area (Å²) < 4.78 is 0. The molecule has 0 rings (SSSR count). The fraction of sp³-hybridized carbons (Fsp3) is 0.762. The number of carboxylic acid groups (broad SMARTS) is 1. The number of aliphatic carboxylic acids is 1. The maximum atomic E-state index is 12.9. The van der Waals surface area contributed by atoms with Gasteiger partial charge in [0.05, 0.1) is 6.10 Å². The fourth-order valence-electron chi connectivity index (χ4n) is 3.04. The van der Waals surface area contributed by atoms with Gasteiger partial charge < -0.3 is 43.4 Å². The molecular weight excluding hydrogens is 448 g/mol. The van der Waals surface area contributed by atoms with Gasteiger partial charge in [0.2, 0.25) is 23.6 Å². The summed E-state index contributed by atoms with van der Waals surface area (Å²) in [6.07, 6.45) is -0.174. The molecule has 0 aromatic heterocycles. The molecule has 5 unspecified atom stereocenters. The van der Waals surface area contributed by atoms with E-state index in [0.717, 1.165) is 0 Å². The molecular formula is C21H40N6O7. The molecule has 11 N–H and O–H groups in total. The maximum absolute atomic E-state index is 12.9. The number of aliphatic hydroxyl groups is 1. The molecule has 13 nitrogen and oxygen atoms in total. The first-order valence-corrected chi connectivity index (χ1v) is 11.4. The highest BCUT2D eigenvalue weighted by Crippen LogP contribution is 2.08. The monoisotopic (exact) mass is 488 g/mol. The molecule has 0 saturated heterocycles. The molecule has 0 heterocycles. The number of carboxylic acids is 1. The van der Waals surface area contributed by atoms with E-state index in [1.807, 2.05) is 13.8 Å². The van der Waals surface area contributed by atoms with Crippen molar-refractivity contribution in [3.8, 4) is 0 Å². The van der Waals surface area contributed by atoms with Crippen molar-refractivity contribution in [1.29, 1.82) is 0 Å². The van der Waals surface area contributed by atoms with Crippen LogP contribution in [0.1, 0.15) is 59.3 Å². The number of carbonyl (C=O) groups excluding carboxylic acids is 4. The molecule has 4 amide bonds. The second-order valence-electron chi connectivity index (χ2n) is 8.71. The zero-order valence-corrected chi connectivity index (χ0v) is 20.1. The minimum atomic E-state index is -1.27. The minimum absolute atomic E-state index is 0.0318. The third-order valence-corrected chi connectivity index (χ3v) is 5.04. The summed E-state index contributed by atoms with van der Waals surface area (Å²) in [5.41, 5.74) is 16.2. The Morgan fingerprint density at radius 1 is 0.824 bits per heavy atom. The SMILES string of the molecule is CC(C)CC(NC(=O)C(N)C(C)O)C(=O)NC(CCC(N)=O)C(=O)NC(CCCCN)C(=O)O. The Kier molecular flexibility index (Phi) is 14.7. The molecule has 13 heteroatoms. The Hall–Kier alpha value is -2.77. The number of primary amides is 1. The number of unbranched alkanes of at least 4 members (excludes halogenated alkanes) is 1. The normalized spacial score (nSPS) is 15.5. The predicted molar refractivity (Wildman–Crippen MR) is 124 cm³/mol. The van der Waals surface area contributed by atoms with Crippen LogP contribution in [0.4, 0.5) is 0 Å². The van der Waals surface area contributed by atoms with E-state index in [1.54, 1.807) is 0 Å². The van der Waals surface area contributed by atoms with Gasteiger partial charge in [0.25, 0.3) is 0 Å². The third-order valence-electron chi connectivity index (χ3n) is 5.04. The second-order valence-corrected chi connectivity index (χ2v) is 8.71. The Labute approximate surface area is 199 Å². The van der Waals surface area contributed by atoms with Crippen LogP contribution in [0.15, 0.2) is 0 Å². The molecule has 0 radical (unpaired) electrons. The molecule has 34 heavy (non-hydrogen) atoms. The third kappa shape index (κ3) is 12.5. The summed E-state index contributed by atoms with van der Waals surface area (Å²) in [6, 6.07) is -4.82. The quantitative estimate of drug-likeness (QED) is 0.102. The van der Waals surface area contributed by atoms with E-state index in [4.69, 9.17) is 17.2 Å². The number of amides is 4. The number of rotatable bonds is 17. The van der Waals surface area contributed by atoms with Crippen LogP contribution >= 0.6 is 0 Å². The van der Waals surface area contributed by atoms with Crippen LogP contribution in [-0.4, -0.2) is 76.6 Å². The van der Waals surface area contributed by atoms with E-state index < -0.39 is 59.9 Å². The van der Waals surface area contributed by atoms with Crippen molar-refractivity contribution in [2.24, 2.45) is 23.1 Å². The maximum Gasteiger partial charge on any atom is 0.326 e. The summed E-state index contributed by atoms with van der Waals surface area (Å²) in [6.45, 7) is 5.34. The molecule has 0 aromatic rings. The van der Waals surface area contributed by atoms with Gasteiger partial charge in [-0.25, -0.2) is 4.79 Å². The number of carbonyl (C=O) groups is 5. The van der Waals surface area contributed by atoms with Gasteiger partial charge in [0, 0.05) is 6.42 Å². The lowest BCUT2D eigenvalue weighted by Crippen LogP contribution is -2.58. The zero-order valence-electron chi connectivity index (χ0n) is 20.1. The molecule has 0 aliphatic rings. The first-order valence-electron chi connectivity index (χ1n) is 11.4. The van der Waals surface area contributed by atoms with E-state index in [2.05, 4.69) is 16.0 Å². The largest absolute Gasteiger partial charge is 0.480 e. The highest BCUT2D eigenvalue weighted by atomic mass is 16.4. The van der Waals surface area contributed by atoms with Crippen molar-refractivity contribution in [3.63, 3.8) is 0 Å². The number of aliphatic hydroxyl groups excluding tert-OH is 1. The van der Waals surface area contributed by atoms with Crippen LogP contribution in [0.3, 0.4) is 0 Å². The van der Waals surface area contributed by atoms with E-state index >= 15 is 0 Å². The van der Waals surface area contributed by atoms with Gasteiger partial charge >= 0.3 is 5.97 Å².